The minimum absolute atomic E-state index is 0.00208. The third-order valence-electron chi connectivity index (χ3n) is 6.45. The number of hydrogen-bond donors (Lipinski definition) is 3. The molecule has 2 aromatic heterocycles. The van der Waals surface area contributed by atoms with Crippen molar-refractivity contribution in [3.63, 3.8) is 0 Å². The molecule has 0 bridgehead atoms. The summed E-state index contributed by atoms with van der Waals surface area (Å²) < 4.78 is 1.99. The summed E-state index contributed by atoms with van der Waals surface area (Å²) in [7, 11) is 0. The van der Waals surface area contributed by atoms with Crippen LogP contribution in [-0.2, 0) is 12.0 Å². The quantitative estimate of drug-likeness (QED) is 0.524. The van der Waals surface area contributed by atoms with E-state index in [0.717, 1.165) is 52.9 Å². The Morgan fingerprint density at radius 2 is 2.19 bits per heavy atom. The summed E-state index contributed by atoms with van der Waals surface area (Å²) in [6.07, 6.45) is 5.50. The topological polar surface area (TPSA) is 112 Å². The van der Waals surface area contributed by atoms with Gasteiger partial charge in [-0.1, -0.05) is 19.8 Å². The van der Waals surface area contributed by atoms with Gasteiger partial charge >= 0.3 is 0 Å². The van der Waals surface area contributed by atoms with Gasteiger partial charge in [-0.3, -0.25) is 0 Å². The summed E-state index contributed by atoms with van der Waals surface area (Å²) in [5.41, 5.74) is 4.36. The van der Waals surface area contributed by atoms with Crippen LogP contribution in [0.4, 0.5) is 17.5 Å². The van der Waals surface area contributed by atoms with Crippen molar-refractivity contribution in [2.45, 2.75) is 45.1 Å². The third-order valence-corrected chi connectivity index (χ3v) is 6.45. The maximum Gasteiger partial charge on any atom is 0.228 e. The van der Waals surface area contributed by atoms with Gasteiger partial charge in [-0.05, 0) is 43.0 Å². The van der Waals surface area contributed by atoms with E-state index in [9.17, 15) is 10.4 Å². The Hall–Kier alpha value is -3.44. The van der Waals surface area contributed by atoms with Crippen molar-refractivity contribution < 1.29 is 5.11 Å². The Labute approximate surface area is 187 Å². The molecule has 164 valence electrons. The Morgan fingerprint density at radius 1 is 1.34 bits per heavy atom. The van der Waals surface area contributed by atoms with Gasteiger partial charge in [0.25, 0.3) is 0 Å². The number of nitriles is 1. The maximum absolute atomic E-state index is 9.95. The first kappa shape index (κ1) is 20.5. The maximum atomic E-state index is 9.95. The highest BCUT2D eigenvalue weighted by molar-refractivity contribution is 5.76. The average Bonchev–Trinajstić information content (AvgIpc) is 3.49. The van der Waals surface area contributed by atoms with Crippen LogP contribution in [0.15, 0.2) is 30.5 Å². The Bertz CT molecular complexity index is 1210. The summed E-state index contributed by atoms with van der Waals surface area (Å²) in [5, 5.41) is 30.8. The van der Waals surface area contributed by atoms with Gasteiger partial charge in [0.05, 0.1) is 29.2 Å². The number of hydrogen-bond acceptors (Lipinski definition) is 7. The third kappa shape index (κ3) is 3.80. The highest BCUT2D eigenvalue weighted by Crippen LogP contribution is 2.41. The fraction of sp³-hybridized carbons (Fsp3) is 0.417. The molecule has 0 radical (unpaired) electrons. The second-order valence-electron chi connectivity index (χ2n) is 9.15. The number of aliphatic hydroxyl groups is 1. The molecule has 0 saturated heterocycles. The zero-order valence-electron chi connectivity index (χ0n) is 18.4. The molecule has 2 aliphatic rings. The van der Waals surface area contributed by atoms with E-state index in [-0.39, 0.29) is 6.61 Å². The van der Waals surface area contributed by atoms with Crippen molar-refractivity contribution in [3.8, 4) is 17.3 Å². The zero-order chi connectivity index (χ0) is 22.3. The fourth-order valence-corrected chi connectivity index (χ4v) is 4.29. The first-order chi connectivity index (χ1) is 15.5. The number of benzene rings is 1. The fourth-order valence-electron chi connectivity index (χ4n) is 4.29. The molecule has 3 N–H and O–H groups in total. The average molecular weight is 430 g/mol. The summed E-state index contributed by atoms with van der Waals surface area (Å²) in [5.74, 6) is 2.20. The van der Waals surface area contributed by atoms with Gasteiger partial charge in [-0.25, -0.2) is 14.6 Å². The van der Waals surface area contributed by atoms with Gasteiger partial charge in [-0.15, -0.1) is 0 Å². The van der Waals surface area contributed by atoms with Crippen molar-refractivity contribution in [1.29, 1.82) is 5.26 Å². The second kappa shape index (κ2) is 7.92. The summed E-state index contributed by atoms with van der Waals surface area (Å²) >= 11 is 0. The van der Waals surface area contributed by atoms with E-state index in [1.165, 1.54) is 12.8 Å². The van der Waals surface area contributed by atoms with Crippen LogP contribution in [0.1, 0.15) is 43.0 Å². The molecule has 1 aliphatic carbocycles. The second-order valence-corrected chi connectivity index (χ2v) is 9.15. The van der Waals surface area contributed by atoms with E-state index in [1.54, 1.807) is 6.20 Å². The lowest BCUT2D eigenvalue weighted by Crippen LogP contribution is -2.28. The summed E-state index contributed by atoms with van der Waals surface area (Å²) in [6.45, 7) is 5.45. The molecular formula is C24H27N7O. The molecule has 0 unspecified atom stereocenters. The largest absolute Gasteiger partial charge is 0.395 e. The van der Waals surface area contributed by atoms with E-state index >= 15 is 0 Å². The van der Waals surface area contributed by atoms with Crippen molar-refractivity contribution in [2.24, 2.45) is 5.92 Å². The van der Waals surface area contributed by atoms with Crippen molar-refractivity contribution in [3.05, 3.63) is 47.3 Å². The standard InChI is InChI=1S/C24H27N7O/c1-15-9-21(31(30-15)8-6-16-3-4-16)29-23-26-7-5-20(28-23)17-10-18(12-25)22-19(11-17)24(2,14-32)13-27-22/h5,7,9-11,16,27,32H,3-4,6,8,13-14H2,1-2H3,(H,26,28,29)/t24-/m1/s1. The lowest BCUT2D eigenvalue weighted by Gasteiger charge is -2.21. The van der Waals surface area contributed by atoms with Crippen LogP contribution in [0.25, 0.3) is 11.3 Å². The van der Waals surface area contributed by atoms with E-state index in [1.807, 2.05) is 42.8 Å². The monoisotopic (exact) mass is 429 g/mol. The van der Waals surface area contributed by atoms with Crippen LogP contribution >= 0.6 is 0 Å². The number of aromatic nitrogens is 4. The van der Waals surface area contributed by atoms with E-state index in [4.69, 9.17) is 4.98 Å². The Kier molecular flexibility index (Phi) is 5.06. The number of fused-ring (bicyclic) bond motifs is 1. The molecule has 3 heterocycles. The molecule has 1 fully saturated rings. The smallest absolute Gasteiger partial charge is 0.228 e. The van der Waals surface area contributed by atoms with Crippen molar-refractivity contribution >= 4 is 17.5 Å². The molecule has 0 spiro atoms. The van der Waals surface area contributed by atoms with Gasteiger partial charge in [-0.2, -0.15) is 10.4 Å². The van der Waals surface area contributed by atoms with Crippen LogP contribution in [0.2, 0.25) is 0 Å². The highest BCUT2D eigenvalue weighted by Gasteiger charge is 2.36. The van der Waals surface area contributed by atoms with Gasteiger partial charge in [0.2, 0.25) is 5.95 Å². The molecular weight excluding hydrogens is 402 g/mol. The van der Waals surface area contributed by atoms with Gasteiger partial charge in [0, 0.05) is 36.3 Å². The molecule has 32 heavy (non-hydrogen) atoms. The number of nitrogens with zero attached hydrogens (tertiary/aromatic N) is 5. The van der Waals surface area contributed by atoms with E-state index < -0.39 is 5.41 Å². The van der Waals surface area contributed by atoms with Gasteiger partial charge in [0.15, 0.2) is 0 Å². The lowest BCUT2D eigenvalue weighted by atomic mass is 9.83. The van der Waals surface area contributed by atoms with Gasteiger partial charge in [0.1, 0.15) is 11.9 Å². The minimum atomic E-state index is -0.434. The van der Waals surface area contributed by atoms with Crippen LogP contribution in [-0.4, -0.2) is 38.0 Å². The number of aryl methyl sites for hydroxylation is 2. The highest BCUT2D eigenvalue weighted by atomic mass is 16.3. The molecule has 5 rings (SSSR count). The Morgan fingerprint density at radius 3 is 2.94 bits per heavy atom. The van der Waals surface area contributed by atoms with Crippen LogP contribution in [0.5, 0.6) is 0 Å². The summed E-state index contributed by atoms with van der Waals surface area (Å²) in [4.78, 5) is 9.11. The van der Waals surface area contributed by atoms with E-state index in [2.05, 4.69) is 26.8 Å². The zero-order valence-corrected chi connectivity index (χ0v) is 18.4. The normalized spacial score (nSPS) is 19.3. The predicted octanol–water partition coefficient (Wildman–Crippen LogP) is 3.74. The predicted molar refractivity (Wildman–Crippen MR) is 123 cm³/mol. The molecule has 1 atom stereocenters. The number of rotatable bonds is 7. The molecule has 1 aliphatic heterocycles. The molecule has 8 heteroatoms. The first-order valence-corrected chi connectivity index (χ1v) is 11.1. The molecule has 1 aromatic carbocycles. The number of anilines is 3. The van der Waals surface area contributed by atoms with Gasteiger partial charge < -0.3 is 15.7 Å². The minimum Gasteiger partial charge on any atom is -0.395 e. The molecule has 1 saturated carbocycles. The van der Waals surface area contributed by atoms with E-state index in [0.29, 0.717) is 18.1 Å². The van der Waals surface area contributed by atoms with Crippen molar-refractivity contribution in [2.75, 3.05) is 23.8 Å². The number of aliphatic hydroxyl groups excluding tert-OH is 1. The lowest BCUT2D eigenvalue weighted by molar-refractivity contribution is 0.219. The van der Waals surface area contributed by atoms with Crippen LogP contribution < -0.4 is 10.6 Å². The molecule has 0 amide bonds. The Balaban J connectivity index is 1.45. The summed E-state index contributed by atoms with van der Waals surface area (Å²) in [6, 6.07) is 9.97. The van der Waals surface area contributed by atoms with Crippen molar-refractivity contribution in [1.82, 2.24) is 19.7 Å². The SMILES string of the molecule is Cc1cc(Nc2nccc(-c3cc(C#N)c4c(c3)[C@@](C)(CO)CN4)n2)n(CCC2CC2)n1. The first-order valence-electron chi connectivity index (χ1n) is 11.1. The van der Waals surface area contributed by atoms with Crippen LogP contribution in [0.3, 0.4) is 0 Å². The number of nitrogens with one attached hydrogen (secondary N) is 2. The van der Waals surface area contributed by atoms with Crippen LogP contribution in [0, 0.1) is 24.2 Å². The molecule has 3 aromatic rings. The molecule has 8 nitrogen and oxygen atoms in total.